The van der Waals surface area contributed by atoms with Gasteiger partial charge in [-0.05, 0) is 43.7 Å². The maximum Gasteiger partial charge on any atom is 0.387 e. The SMILES string of the molecule is Cc1nc(-c2ccccn2)nc(NCc2cccc(OC(F)F)c2)c1C. The molecule has 0 unspecified atom stereocenters. The summed E-state index contributed by atoms with van der Waals surface area (Å²) in [6, 6.07) is 12.1. The van der Waals surface area contributed by atoms with Crippen LogP contribution in [-0.4, -0.2) is 21.6 Å². The van der Waals surface area contributed by atoms with Crippen LogP contribution in [0, 0.1) is 13.8 Å². The van der Waals surface area contributed by atoms with Crippen molar-refractivity contribution in [3.8, 4) is 17.3 Å². The minimum atomic E-state index is -2.84. The number of halogens is 2. The molecule has 2 aromatic heterocycles. The molecule has 0 aliphatic carbocycles. The molecule has 0 aliphatic rings. The maximum atomic E-state index is 12.3. The maximum absolute atomic E-state index is 12.3. The fourth-order valence-electron chi connectivity index (χ4n) is 2.43. The molecule has 5 nitrogen and oxygen atoms in total. The Bertz CT molecular complexity index is 888. The molecule has 1 aromatic carbocycles. The van der Waals surface area contributed by atoms with Gasteiger partial charge in [-0.1, -0.05) is 18.2 Å². The fraction of sp³-hybridized carbons (Fsp3) is 0.211. The van der Waals surface area contributed by atoms with Crippen LogP contribution in [0.2, 0.25) is 0 Å². The molecular weight excluding hydrogens is 338 g/mol. The Balaban J connectivity index is 1.81. The molecular formula is C19H18F2N4O. The molecule has 0 aliphatic heterocycles. The Morgan fingerprint density at radius 2 is 1.92 bits per heavy atom. The number of benzene rings is 1. The van der Waals surface area contributed by atoms with Crippen molar-refractivity contribution in [2.75, 3.05) is 5.32 Å². The highest BCUT2D eigenvalue weighted by molar-refractivity contribution is 5.56. The zero-order valence-electron chi connectivity index (χ0n) is 14.4. The van der Waals surface area contributed by atoms with Crippen LogP contribution in [0.3, 0.4) is 0 Å². The first kappa shape index (κ1) is 17.7. The summed E-state index contributed by atoms with van der Waals surface area (Å²) in [5.41, 5.74) is 3.26. The molecule has 134 valence electrons. The van der Waals surface area contributed by atoms with Crippen molar-refractivity contribution >= 4 is 5.82 Å². The molecule has 0 saturated heterocycles. The number of pyridine rings is 1. The number of alkyl halides is 2. The molecule has 0 spiro atoms. The second-order valence-corrected chi connectivity index (χ2v) is 5.70. The van der Waals surface area contributed by atoms with Crippen molar-refractivity contribution in [1.82, 2.24) is 15.0 Å². The monoisotopic (exact) mass is 356 g/mol. The molecule has 26 heavy (non-hydrogen) atoms. The van der Waals surface area contributed by atoms with E-state index in [9.17, 15) is 8.78 Å². The summed E-state index contributed by atoms with van der Waals surface area (Å²) in [5, 5.41) is 3.24. The lowest BCUT2D eigenvalue weighted by atomic mass is 10.2. The number of nitrogens with one attached hydrogen (secondary N) is 1. The van der Waals surface area contributed by atoms with E-state index in [0.717, 1.165) is 16.8 Å². The van der Waals surface area contributed by atoms with Gasteiger partial charge in [0.25, 0.3) is 0 Å². The van der Waals surface area contributed by atoms with Gasteiger partial charge in [0.1, 0.15) is 17.3 Å². The standard InChI is InChI=1S/C19H18F2N4O/c1-12-13(2)24-18(16-8-3-4-9-22-16)25-17(12)23-11-14-6-5-7-15(10-14)26-19(20)21/h3-10,19H,11H2,1-2H3,(H,23,24,25). The zero-order valence-corrected chi connectivity index (χ0v) is 14.4. The molecule has 7 heteroatoms. The summed E-state index contributed by atoms with van der Waals surface area (Å²) < 4.78 is 29.1. The zero-order chi connectivity index (χ0) is 18.5. The van der Waals surface area contributed by atoms with Crippen molar-refractivity contribution in [2.45, 2.75) is 27.0 Å². The first-order valence-corrected chi connectivity index (χ1v) is 8.07. The van der Waals surface area contributed by atoms with Gasteiger partial charge < -0.3 is 10.1 Å². The van der Waals surface area contributed by atoms with E-state index in [4.69, 9.17) is 0 Å². The second-order valence-electron chi connectivity index (χ2n) is 5.70. The largest absolute Gasteiger partial charge is 0.435 e. The average Bonchev–Trinajstić information content (AvgIpc) is 2.63. The minimum Gasteiger partial charge on any atom is -0.435 e. The molecule has 0 saturated carbocycles. The van der Waals surface area contributed by atoms with E-state index < -0.39 is 6.61 Å². The number of nitrogens with zero attached hydrogens (tertiary/aromatic N) is 3. The molecule has 2 heterocycles. The summed E-state index contributed by atoms with van der Waals surface area (Å²) in [5.74, 6) is 1.34. The van der Waals surface area contributed by atoms with E-state index in [1.165, 1.54) is 6.07 Å². The first-order chi connectivity index (χ1) is 12.5. The lowest BCUT2D eigenvalue weighted by Crippen LogP contribution is -2.08. The molecule has 0 fully saturated rings. The number of anilines is 1. The second kappa shape index (κ2) is 7.86. The molecule has 3 aromatic rings. The molecule has 0 atom stereocenters. The van der Waals surface area contributed by atoms with Gasteiger partial charge in [0.05, 0.1) is 0 Å². The molecule has 1 N–H and O–H groups in total. The van der Waals surface area contributed by atoms with Gasteiger partial charge in [-0.3, -0.25) is 4.98 Å². The quantitative estimate of drug-likeness (QED) is 0.711. The highest BCUT2D eigenvalue weighted by atomic mass is 19.3. The van der Waals surface area contributed by atoms with Crippen LogP contribution in [0.1, 0.15) is 16.8 Å². The highest BCUT2D eigenvalue weighted by Crippen LogP contribution is 2.22. The summed E-state index contributed by atoms with van der Waals surface area (Å²) in [4.78, 5) is 13.3. The van der Waals surface area contributed by atoms with Crippen molar-refractivity contribution in [1.29, 1.82) is 0 Å². The van der Waals surface area contributed by atoms with Crippen molar-refractivity contribution in [3.63, 3.8) is 0 Å². The average molecular weight is 356 g/mol. The van der Waals surface area contributed by atoms with Gasteiger partial charge >= 0.3 is 6.61 Å². The van der Waals surface area contributed by atoms with Gasteiger partial charge in [0, 0.05) is 24.0 Å². The topological polar surface area (TPSA) is 59.9 Å². The van der Waals surface area contributed by atoms with Gasteiger partial charge in [-0.25, -0.2) is 9.97 Å². The third-order valence-corrected chi connectivity index (χ3v) is 3.87. The third-order valence-electron chi connectivity index (χ3n) is 3.87. The number of aryl methyl sites for hydroxylation is 1. The Kier molecular flexibility index (Phi) is 5.36. The van der Waals surface area contributed by atoms with Gasteiger partial charge in [-0.2, -0.15) is 8.78 Å². The van der Waals surface area contributed by atoms with Crippen LogP contribution in [0.4, 0.5) is 14.6 Å². The summed E-state index contributed by atoms with van der Waals surface area (Å²) in [6.45, 7) is 1.41. The van der Waals surface area contributed by atoms with Crippen LogP contribution in [-0.2, 0) is 6.54 Å². The molecule has 0 amide bonds. The summed E-state index contributed by atoms with van der Waals surface area (Å²) >= 11 is 0. The van der Waals surface area contributed by atoms with Gasteiger partial charge in [0.2, 0.25) is 0 Å². The highest BCUT2D eigenvalue weighted by Gasteiger charge is 2.11. The number of aromatic nitrogens is 3. The number of hydrogen-bond donors (Lipinski definition) is 1. The number of ether oxygens (including phenoxy) is 1. The minimum absolute atomic E-state index is 0.129. The van der Waals surface area contributed by atoms with Crippen molar-refractivity contribution < 1.29 is 13.5 Å². The first-order valence-electron chi connectivity index (χ1n) is 8.07. The van der Waals surface area contributed by atoms with E-state index in [1.54, 1.807) is 18.3 Å². The van der Waals surface area contributed by atoms with Gasteiger partial charge in [-0.15, -0.1) is 0 Å². The van der Waals surface area contributed by atoms with E-state index in [-0.39, 0.29) is 5.75 Å². The van der Waals surface area contributed by atoms with Crippen LogP contribution in [0.15, 0.2) is 48.7 Å². The smallest absolute Gasteiger partial charge is 0.387 e. The van der Waals surface area contributed by atoms with E-state index in [0.29, 0.717) is 23.9 Å². The van der Waals surface area contributed by atoms with Crippen LogP contribution in [0.25, 0.3) is 11.5 Å². The molecule has 3 rings (SSSR count). The lowest BCUT2D eigenvalue weighted by molar-refractivity contribution is -0.0498. The van der Waals surface area contributed by atoms with E-state index in [2.05, 4.69) is 25.0 Å². The Hall–Kier alpha value is -3.09. The fourth-order valence-corrected chi connectivity index (χ4v) is 2.43. The predicted molar refractivity (Wildman–Crippen MR) is 95.1 cm³/mol. The summed E-state index contributed by atoms with van der Waals surface area (Å²) in [7, 11) is 0. The van der Waals surface area contributed by atoms with Crippen molar-refractivity contribution in [2.24, 2.45) is 0 Å². The molecule has 0 radical (unpaired) electrons. The summed E-state index contributed by atoms with van der Waals surface area (Å²) in [6.07, 6.45) is 1.69. The van der Waals surface area contributed by atoms with Crippen LogP contribution >= 0.6 is 0 Å². The molecule has 0 bridgehead atoms. The van der Waals surface area contributed by atoms with E-state index >= 15 is 0 Å². The lowest BCUT2D eigenvalue weighted by Gasteiger charge is -2.13. The predicted octanol–water partition coefficient (Wildman–Crippen LogP) is 4.37. The Labute approximate surface area is 150 Å². The third kappa shape index (κ3) is 4.30. The van der Waals surface area contributed by atoms with E-state index in [1.807, 2.05) is 38.1 Å². The number of rotatable bonds is 6. The van der Waals surface area contributed by atoms with Crippen molar-refractivity contribution in [3.05, 3.63) is 65.5 Å². The normalized spacial score (nSPS) is 10.8. The van der Waals surface area contributed by atoms with Gasteiger partial charge in [0.15, 0.2) is 5.82 Å². The Morgan fingerprint density at radius 3 is 2.65 bits per heavy atom. The Morgan fingerprint density at radius 1 is 1.08 bits per heavy atom. The van der Waals surface area contributed by atoms with Crippen LogP contribution < -0.4 is 10.1 Å². The van der Waals surface area contributed by atoms with Crippen LogP contribution in [0.5, 0.6) is 5.75 Å². The number of hydrogen-bond acceptors (Lipinski definition) is 5.